The van der Waals surface area contributed by atoms with Crippen LogP contribution in [0.1, 0.15) is 122 Å². The molecule has 59 heavy (non-hydrogen) atoms. The molecule has 6 aromatic carbocycles. The predicted molar refractivity (Wildman–Crippen MR) is 249 cm³/mol. The number of nitrogens with one attached hydrogen (secondary N) is 1. The van der Waals surface area contributed by atoms with Crippen LogP contribution in [0, 0.1) is 0 Å². The van der Waals surface area contributed by atoms with Gasteiger partial charge in [0.05, 0.1) is 14.2 Å². The summed E-state index contributed by atoms with van der Waals surface area (Å²) >= 11 is 5.24. The standard InChI is InChI=1S/C26H29NO2.C18H23N.C8H7ClO2/c1-17(2)23-15-21(19-10-7-6-8-11-19)16-24(18(3)4)25(23)27-26(28)20-12-9-13-22(14-20)29-5;1-12(2)16-10-15(14-8-6-5-7-9-14)11-17(13(3)4)18(16)19;1-11-7-4-2-3-6(5-7)8(9)10/h6-18H,1-5H3,(H,27,28);5-13H,19H2,1-4H3;2-5H,1H3. The summed E-state index contributed by atoms with van der Waals surface area (Å²) in [7, 11) is 3.14. The van der Waals surface area contributed by atoms with Crippen molar-refractivity contribution in [2.75, 3.05) is 25.3 Å². The van der Waals surface area contributed by atoms with Crippen molar-refractivity contribution < 1.29 is 19.1 Å². The van der Waals surface area contributed by atoms with E-state index in [2.05, 4.69) is 134 Å². The maximum Gasteiger partial charge on any atom is 0.255 e. The molecule has 0 aliphatic rings. The topological polar surface area (TPSA) is 90.7 Å². The average Bonchev–Trinajstić information content (AvgIpc) is 3.24. The molecule has 308 valence electrons. The molecule has 0 atom stereocenters. The first-order chi connectivity index (χ1) is 28.1. The Morgan fingerprint density at radius 1 is 0.492 bits per heavy atom. The van der Waals surface area contributed by atoms with E-state index in [1.807, 2.05) is 24.3 Å². The SMILES string of the molecule is CC(C)c1cc(-c2ccccc2)cc(C(C)C)c1N.COc1cccc(C(=O)Cl)c1.COc1cccc(C(=O)Nc2c(C(C)C)cc(-c3ccccc3)cc2C(C)C)c1. The molecule has 0 saturated carbocycles. The number of amides is 1. The van der Waals surface area contributed by atoms with Crippen LogP contribution in [-0.4, -0.2) is 25.4 Å². The van der Waals surface area contributed by atoms with Crippen LogP contribution in [0.15, 0.2) is 133 Å². The van der Waals surface area contributed by atoms with Gasteiger partial charge in [-0.25, -0.2) is 0 Å². The molecule has 6 nitrogen and oxygen atoms in total. The highest BCUT2D eigenvalue weighted by atomic mass is 35.5. The minimum absolute atomic E-state index is 0.125. The normalized spacial score (nSPS) is 10.8. The third kappa shape index (κ3) is 12.6. The van der Waals surface area contributed by atoms with Crippen LogP contribution < -0.4 is 20.5 Å². The molecule has 1 amide bonds. The number of nitrogen functional groups attached to an aromatic ring is 1. The van der Waals surface area contributed by atoms with Gasteiger partial charge in [-0.1, -0.05) is 128 Å². The van der Waals surface area contributed by atoms with Gasteiger partial charge >= 0.3 is 0 Å². The van der Waals surface area contributed by atoms with Crippen LogP contribution in [0.25, 0.3) is 22.3 Å². The summed E-state index contributed by atoms with van der Waals surface area (Å²) in [6.45, 7) is 17.4. The summed E-state index contributed by atoms with van der Waals surface area (Å²) in [6, 6.07) is 43.7. The number of nitrogens with two attached hydrogens (primary N) is 1. The van der Waals surface area contributed by atoms with Crippen molar-refractivity contribution in [2.45, 2.75) is 79.1 Å². The second kappa shape index (κ2) is 21.8. The fourth-order valence-electron chi connectivity index (χ4n) is 6.69. The molecule has 0 saturated heterocycles. The van der Waals surface area contributed by atoms with E-state index >= 15 is 0 Å². The van der Waals surface area contributed by atoms with Crippen LogP contribution in [0.2, 0.25) is 0 Å². The third-order valence-electron chi connectivity index (χ3n) is 10.0. The number of benzene rings is 6. The number of methoxy groups -OCH3 is 2. The first kappa shape index (κ1) is 45.8. The summed E-state index contributed by atoms with van der Waals surface area (Å²) in [5.74, 6) is 2.62. The molecule has 0 aliphatic heterocycles. The number of ether oxygens (including phenoxy) is 2. The van der Waals surface area contributed by atoms with E-state index in [1.165, 1.54) is 40.5 Å². The predicted octanol–water partition coefficient (Wildman–Crippen LogP) is 14.1. The zero-order chi connectivity index (χ0) is 43.2. The van der Waals surface area contributed by atoms with Gasteiger partial charge in [-0.05, 0) is 140 Å². The fraction of sp³-hybridized carbons (Fsp3) is 0.269. The number of anilines is 2. The summed E-state index contributed by atoms with van der Waals surface area (Å²) in [5.41, 5.74) is 18.9. The molecule has 0 fully saturated rings. The quantitative estimate of drug-likeness (QED) is 0.100. The van der Waals surface area contributed by atoms with Crippen molar-refractivity contribution in [3.8, 4) is 33.8 Å². The van der Waals surface area contributed by atoms with Gasteiger partial charge in [-0.15, -0.1) is 0 Å². The second-order valence-corrected chi connectivity index (χ2v) is 16.0. The molecule has 0 aliphatic carbocycles. The van der Waals surface area contributed by atoms with Gasteiger partial charge in [0.2, 0.25) is 0 Å². The van der Waals surface area contributed by atoms with E-state index in [-0.39, 0.29) is 17.7 Å². The molecule has 3 N–H and O–H groups in total. The van der Waals surface area contributed by atoms with E-state index in [1.54, 1.807) is 43.5 Å². The van der Waals surface area contributed by atoms with Crippen molar-refractivity contribution in [3.63, 3.8) is 0 Å². The monoisotopic (exact) mass is 810 g/mol. The molecule has 6 rings (SSSR count). The Morgan fingerprint density at radius 2 is 0.864 bits per heavy atom. The Labute approximate surface area is 356 Å². The number of carbonyl (C=O) groups is 2. The van der Waals surface area contributed by atoms with E-state index < -0.39 is 5.24 Å². The van der Waals surface area contributed by atoms with Crippen LogP contribution >= 0.6 is 11.6 Å². The van der Waals surface area contributed by atoms with Crippen molar-refractivity contribution in [1.82, 2.24) is 0 Å². The van der Waals surface area contributed by atoms with Crippen molar-refractivity contribution in [3.05, 3.63) is 167 Å². The third-order valence-corrected chi connectivity index (χ3v) is 10.2. The number of rotatable bonds is 11. The molecule has 7 heteroatoms. The Balaban J connectivity index is 0.000000219. The largest absolute Gasteiger partial charge is 0.497 e. The summed E-state index contributed by atoms with van der Waals surface area (Å²) in [5, 5.41) is 2.73. The van der Waals surface area contributed by atoms with Gasteiger partial charge in [0, 0.05) is 22.5 Å². The Bertz CT molecular complexity index is 2240. The second-order valence-electron chi connectivity index (χ2n) is 15.6. The Morgan fingerprint density at radius 3 is 1.24 bits per heavy atom. The highest BCUT2D eigenvalue weighted by Gasteiger charge is 2.20. The van der Waals surface area contributed by atoms with Crippen LogP contribution in [0.4, 0.5) is 11.4 Å². The minimum atomic E-state index is -0.469. The molecule has 0 heterocycles. The summed E-state index contributed by atoms with van der Waals surface area (Å²) in [4.78, 5) is 23.6. The minimum Gasteiger partial charge on any atom is -0.497 e. The summed E-state index contributed by atoms with van der Waals surface area (Å²) in [6.07, 6.45) is 0. The zero-order valence-electron chi connectivity index (χ0n) is 36.1. The molecular formula is C52H59ClN2O4. The smallest absolute Gasteiger partial charge is 0.255 e. The van der Waals surface area contributed by atoms with Gasteiger partial charge in [-0.3, -0.25) is 9.59 Å². The molecule has 6 aromatic rings. The van der Waals surface area contributed by atoms with Crippen LogP contribution in [-0.2, 0) is 0 Å². The number of carbonyl (C=O) groups excluding carboxylic acids is 2. The van der Waals surface area contributed by atoms with Crippen molar-refractivity contribution in [2.24, 2.45) is 0 Å². The van der Waals surface area contributed by atoms with Gasteiger partial charge in [-0.2, -0.15) is 0 Å². The van der Waals surface area contributed by atoms with Gasteiger partial charge < -0.3 is 20.5 Å². The van der Waals surface area contributed by atoms with Crippen molar-refractivity contribution in [1.29, 1.82) is 0 Å². The Kier molecular flexibility index (Phi) is 16.9. The van der Waals surface area contributed by atoms with Crippen molar-refractivity contribution >= 4 is 34.1 Å². The lowest BCUT2D eigenvalue weighted by Gasteiger charge is -2.22. The van der Waals surface area contributed by atoms with Gasteiger partial charge in [0.15, 0.2) is 0 Å². The lowest BCUT2D eigenvalue weighted by molar-refractivity contribution is 0.102. The first-order valence-electron chi connectivity index (χ1n) is 20.2. The average molecular weight is 812 g/mol. The van der Waals surface area contributed by atoms with E-state index in [9.17, 15) is 9.59 Å². The number of hydrogen-bond acceptors (Lipinski definition) is 5. The highest BCUT2D eigenvalue weighted by Crippen LogP contribution is 2.38. The van der Waals surface area contributed by atoms with E-state index in [0.717, 1.165) is 22.5 Å². The number of hydrogen-bond donors (Lipinski definition) is 2. The molecular weight excluding hydrogens is 752 g/mol. The highest BCUT2D eigenvalue weighted by molar-refractivity contribution is 6.67. The molecule has 0 spiro atoms. The van der Waals surface area contributed by atoms with E-state index in [0.29, 0.717) is 34.5 Å². The van der Waals surface area contributed by atoms with Crippen LogP contribution in [0.3, 0.4) is 0 Å². The lowest BCUT2D eigenvalue weighted by atomic mass is 9.88. The van der Waals surface area contributed by atoms with Crippen LogP contribution in [0.5, 0.6) is 11.5 Å². The molecule has 0 unspecified atom stereocenters. The lowest BCUT2D eigenvalue weighted by Crippen LogP contribution is -2.16. The fourth-order valence-corrected chi connectivity index (χ4v) is 6.80. The molecule has 0 bridgehead atoms. The zero-order valence-corrected chi connectivity index (χ0v) is 36.9. The molecule has 0 aromatic heterocycles. The van der Waals surface area contributed by atoms with Gasteiger partial charge in [0.25, 0.3) is 11.1 Å². The molecule has 0 radical (unpaired) electrons. The Hall–Kier alpha value is -5.85. The number of halogens is 1. The maximum absolute atomic E-state index is 13.0. The summed E-state index contributed by atoms with van der Waals surface area (Å²) < 4.78 is 10.2. The van der Waals surface area contributed by atoms with Gasteiger partial charge in [0.1, 0.15) is 11.5 Å². The maximum atomic E-state index is 13.0. The first-order valence-corrected chi connectivity index (χ1v) is 20.5. The van der Waals surface area contributed by atoms with E-state index in [4.69, 9.17) is 26.8 Å².